The number of nitrogens with zero attached hydrogens (tertiary/aromatic N) is 4. The molecule has 2 bridgehead atoms. The summed E-state index contributed by atoms with van der Waals surface area (Å²) >= 11 is 0. The molecular formula is C27H31F2N7O. The maximum Gasteiger partial charge on any atom is 0.202 e. The quantitative estimate of drug-likeness (QED) is 0.200. The lowest BCUT2D eigenvalue weighted by atomic mass is 10.00. The van der Waals surface area contributed by atoms with Crippen molar-refractivity contribution in [3.05, 3.63) is 71.9 Å². The zero-order valence-corrected chi connectivity index (χ0v) is 20.6. The number of hydrogen-bond acceptors (Lipinski definition) is 7. The highest BCUT2D eigenvalue weighted by Gasteiger charge is 2.41. The van der Waals surface area contributed by atoms with Crippen molar-refractivity contribution in [2.75, 3.05) is 17.3 Å². The first-order chi connectivity index (χ1) is 17.9. The maximum atomic E-state index is 15.3. The van der Waals surface area contributed by atoms with Crippen LogP contribution in [0.2, 0.25) is 0 Å². The van der Waals surface area contributed by atoms with Crippen LogP contribution in [0.15, 0.2) is 59.8 Å². The van der Waals surface area contributed by atoms with Crippen molar-refractivity contribution in [1.29, 1.82) is 0 Å². The van der Waals surface area contributed by atoms with E-state index in [0.717, 1.165) is 48.4 Å². The number of ether oxygens (including phenoxy) is 1. The summed E-state index contributed by atoms with van der Waals surface area (Å²) in [5, 5.41) is 4.59. The lowest BCUT2D eigenvalue weighted by molar-refractivity contribution is 0.0505. The van der Waals surface area contributed by atoms with Crippen LogP contribution in [0.1, 0.15) is 38.2 Å². The van der Waals surface area contributed by atoms with Crippen LogP contribution in [0.5, 0.6) is 5.75 Å². The Morgan fingerprint density at radius 3 is 2.43 bits per heavy atom. The molecule has 194 valence electrons. The first-order valence-corrected chi connectivity index (χ1v) is 12.5. The van der Waals surface area contributed by atoms with Gasteiger partial charge in [-0.2, -0.15) is 9.49 Å². The molecule has 0 spiro atoms. The SMILES string of the molecule is CCN1C2CCC1CC(Oc1ccc(N(N)/C(=N\N)c3cc(-c4ccccc4)cnc3N)c(F)c1F)C2. The van der Waals surface area contributed by atoms with Gasteiger partial charge in [0.25, 0.3) is 0 Å². The van der Waals surface area contributed by atoms with E-state index in [0.29, 0.717) is 12.1 Å². The number of benzene rings is 2. The number of anilines is 2. The second-order valence-corrected chi connectivity index (χ2v) is 9.48. The van der Waals surface area contributed by atoms with Crippen molar-refractivity contribution in [3.63, 3.8) is 0 Å². The lowest BCUT2D eigenvalue weighted by Gasteiger charge is -2.38. The zero-order chi connectivity index (χ0) is 26.1. The summed E-state index contributed by atoms with van der Waals surface area (Å²) < 4.78 is 36.4. The minimum atomic E-state index is -1.17. The van der Waals surface area contributed by atoms with E-state index in [4.69, 9.17) is 22.2 Å². The first kappa shape index (κ1) is 24.9. The standard InChI is InChI=1S/C27H31F2N7O/c1-2-35-18-8-9-19(35)14-20(13-18)37-23-11-10-22(24(28)25(23)29)36(32)27(34-31)21-12-17(15-33-26(21)30)16-6-4-3-5-7-16/h3-7,10-12,15,18-20H,2,8-9,13-14,31-32H2,1H3,(H2,30,33)/b34-27-. The third-order valence-electron chi connectivity index (χ3n) is 7.40. The van der Waals surface area contributed by atoms with Crippen molar-refractivity contribution in [3.8, 4) is 16.9 Å². The van der Waals surface area contributed by atoms with Gasteiger partial charge in [0.1, 0.15) is 11.9 Å². The van der Waals surface area contributed by atoms with Gasteiger partial charge in [0.15, 0.2) is 17.4 Å². The van der Waals surface area contributed by atoms with Gasteiger partial charge in [-0.25, -0.2) is 15.2 Å². The van der Waals surface area contributed by atoms with E-state index in [-0.39, 0.29) is 34.8 Å². The number of pyridine rings is 1. The molecule has 0 saturated carbocycles. The number of nitrogens with two attached hydrogens (primary N) is 3. The molecule has 2 aliphatic rings. The smallest absolute Gasteiger partial charge is 0.202 e. The Kier molecular flexibility index (Phi) is 6.94. The molecular weight excluding hydrogens is 476 g/mol. The van der Waals surface area contributed by atoms with Crippen LogP contribution < -0.4 is 27.2 Å². The Balaban J connectivity index is 1.39. The molecule has 2 aliphatic heterocycles. The molecule has 0 radical (unpaired) electrons. The number of halogens is 2. The summed E-state index contributed by atoms with van der Waals surface area (Å²) in [5.74, 6) is 9.45. The number of aromatic nitrogens is 1. The van der Waals surface area contributed by atoms with Crippen LogP contribution in [0, 0.1) is 11.6 Å². The molecule has 2 atom stereocenters. The van der Waals surface area contributed by atoms with E-state index in [1.165, 1.54) is 12.1 Å². The minimum Gasteiger partial charge on any atom is -0.487 e. The summed E-state index contributed by atoms with van der Waals surface area (Å²) in [7, 11) is 0. The highest BCUT2D eigenvalue weighted by atomic mass is 19.2. The predicted molar refractivity (Wildman–Crippen MR) is 141 cm³/mol. The van der Waals surface area contributed by atoms with Crippen LogP contribution in [0.25, 0.3) is 11.1 Å². The fraction of sp³-hybridized carbons (Fsp3) is 0.333. The van der Waals surface area contributed by atoms with Crippen LogP contribution in [-0.2, 0) is 0 Å². The average molecular weight is 508 g/mol. The molecule has 3 heterocycles. The molecule has 2 fully saturated rings. The number of hydrazone groups is 1. The Bertz CT molecular complexity index is 1290. The van der Waals surface area contributed by atoms with Gasteiger partial charge in [-0.3, -0.25) is 9.91 Å². The Morgan fingerprint density at radius 1 is 1.08 bits per heavy atom. The maximum absolute atomic E-state index is 15.3. The summed E-state index contributed by atoms with van der Waals surface area (Å²) in [5.41, 5.74) is 7.72. The van der Waals surface area contributed by atoms with Crippen molar-refractivity contribution in [2.24, 2.45) is 16.8 Å². The monoisotopic (exact) mass is 507 g/mol. The second-order valence-electron chi connectivity index (χ2n) is 9.48. The first-order valence-electron chi connectivity index (χ1n) is 12.5. The number of piperidine rings is 1. The summed E-state index contributed by atoms with van der Waals surface area (Å²) in [6.45, 7) is 3.14. The van der Waals surface area contributed by atoms with Crippen molar-refractivity contribution >= 4 is 17.3 Å². The molecule has 37 heavy (non-hydrogen) atoms. The van der Waals surface area contributed by atoms with Gasteiger partial charge >= 0.3 is 0 Å². The van der Waals surface area contributed by atoms with E-state index < -0.39 is 11.6 Å². The van der Waals surface area contributed by atoms with E-state index in [1.54, 1.807) is 12.3 Å². The number of fused-ring (bicyclic) bond motifs is 2. The molecule has 2 saturated heterocycles. The van der Waals surface area contributed by atoms with E-state index >= 15 is 8.78 Å². The third-order valence-corrected chi connectivity index (χ3v) is 7.40. The van der Waals surface area contributed by atoms with Gasteiger partial charge in [-0.15, -0.1) is 0 Å². The van der Waals surface area contributed by atoms with Crippen molar-refractivity contribution in [1.82, 2.24) is 9.88 Å². The third kappa shape index (κ3) is 4.70. The zero-order valence-electron chi connectivity index (χ0n) is 20.6. The van der Waals surface area contributed by atoms with Crippen LogP contribution in [0.4, 0.5) is 20.3 Å². The van der Waals surface area contributed by atoms with Gasteiger partial charge in [0, 0.05) is 23.8 Å². The van der Waals surface area contributed by atoms with Crippen LogP contribution >= 0.6 is 0 Å². The minimum absolute atomic E-state index is 0.0711. The fourth-order valence-electron chi connectivity index (χ4n) is 5.63. The molecule has 3 aromatic rings. The number of hydrazine groups is 1. The van der Waals surface area contributed by atoms with E-state index in [2.05, 4.69) is 21.9 Å². The Morgan fingerprint density at radius 2 is 1.78 bits per heavy atom. The lowest BCUT2D eigenvalue weighted by Crippen LogP contribution is -2.46. The molecule has 2 aromatic carbocycles. The molecule has 8 nitrogen and oxygen atoms in total. The van der Waals surface area contributed by atoms with Gasteiger partial charge in [-0.05, 0) is 56.0 Å². The van der Waals surface area contributed by atoms with Gasteiger partial charge in [-0.1, -0.05) is 37.3 Å². The Labute approximate surface area is 214 Å². The molecule has 0 aliphatic carbocycles. The summed E-state index contributed by atoms with van der Waals surface area (Å²) in [4.78, 5) is 6.70. The fourth-order valence-corrected chi connectivity index (χ4v) is 5.63. The second kappa shape index (κ2) is 10.3. The van der Waals surface area contributed by atoms with Gasteiger partial charge in [0.2, 0.25) is 5.82 Å². The normalized spacial score (nSPS) is 21.7. The molecule has 6 N–H and O–H groups in total. The number of amidine groups is 1. The molecule has 2 unspecified atom stereocenters. The van der Waals surface area contributed by atoms with Gasteiger partial charge in [0.05, 0.1) is 11.3 Å². The number of hydrogen-bond donors (Lipinski definition) is 3. The van der Waals surface area contributed by atoms with Crippen molar-refractivity contribution in [2.45, 2.75) is 50.8 Å². The summed E-state index contributed by atoms with van der Waals surface area (Å²) in [6.07, 6.45) is 5.25. The topological polar surface area (TPSA) is 119 Å². The Hall–Kier alpha value is -3.76. The molecule has 5 rings (SSSR count). The molecule has 10 heteroatoms. The van der Waals surface area contributed by atoms with Crippen molar-refractivity contribution < 1.29 is 13.5 Å². The van der Waals surface area contributed by atoms with E-state index in [9.17, 15) is 0 Å². The number of rotatable bonds is 6. The summed E-state index contributed by atoms with van der Waals surface area (Å²) in [6, 6.07) is 14.8. The predicted octanol–water partition coefficient (Wildman–Crippen LogP) is 4.00. The molecule has 0 amide bonds. The average Bonchev–Trinajstić information content (AvgIpc) is 3.17. The highest BCUT2D eigenvalue weighted by Crippen LogP contribution is 2.38. The van der Waals surface area contributed by atoms with E-state index in [1.807, 2.05) is 30.3 Å². The molecule has 1 aromatic heterocycles. The van der Waals surface area contributed by atoms with Crippen LogP contribution in [-0.4, -0.2) is 40.5 Å². The largest absolute Gasteiger partial charge is 0.487 e. The van der Waals surface area contributed by atoms with Gasteiger partial charge < -0.3 is 16.3 Å². The van der Waals surface area contributed by atoms with Crippen LogP contribution in [0.3, 0.4) is 0 Å². The highest BCUT2D eigenvalue weighted by molar-refractivity contribution is 6.12. The number of nitrogen functional groups attached to an aromatic ring is 1.